The van der Waals surface area contributed by atoms with E-state index >= 15 is 0 Å². The Bertz CT molecular complexity index is 460. The maximum atomic E-state index is 4.94. The third-order valence-corrected chi connectivity index (χ3v) is 4.90. The van der Waals surface area contributed by atoms with Crippen LogP contribution in [0.25, 0.3) is 0 Å². The van der Waals surface area contributed by atoms with Gasteiger partial charge in [-0.2, -0.15) is 0 Å². The first-order valence-electron chi connectivity index (χ1n) is 7.75. The highest BCUT2D eigenvalue weighted by Gasteiger charge is 2.27. The van der Waals surface area contributed by atoms with Crippen LogP contribution < -0.4 is 5.32 Å². The summed E-state index contributed by atoms with van der Waals surface area (Å²) >= 11 is 2.43. The summed E-state index contributed by atoms with van der Waals surface area (Å²) in [6, 6.07) is 0. The molecule has 0 atom stereocenters. The van der Waals surface area contributed by atoms with Crippen molar-refractivity contribution in [3.63, 3.8) is 0 Å². The van der Waals surface area contributed by atoms with Crippen molar-refractivity contribution in [2.24, 2.45) is 0 Å². The molecule has 1 N–H and O–H groups in total. The average Bonchev–Trinajstić information content (AvgIpc) is 2.90. The van der Waals surface area contributed by atoms with Crippen molar-refractivity contribution in [3.05, 3.63) is 15.1 Å². The highest BCUT2D eigenvalue weighted by atomic mass is 127. The first kappa shape index (κ1) is 16.0. The van der Waals surface area contributed by atoms with E-state index in [4.69, 9.17) is 9.97 Å². The molecule has 1 heterocycles. The number of nitrogens with zero attached hydrogens (tertiary/aromatic N) is 2. The fraction of sp³-hybridized carbons (Fsp3) is 0.750. The van der Waals surface area contributed by atoms with E-state index in [0.29, 0.717) is 5.92 Å². The van der Waals surface area contributed by atoms with Gasteiger partial charge < -0.3 is 5.32 Å². The molecule has 1 fully saturated rings. The number of aromatic nitrogens is 2. The molecule has 1 aromatic heterocycles. The van der Waals surface area contributed by atoms with Crippen LogP contribution in [0.3, 0.4) is 0 Å². The molecular formula is C16H26IN3. The molecule has 1 aromatic rings. The molecule has 0 unspecified atom stereocenters. The number of halogens is 1. The predicted molar refractivity (Wildman–Crippen MR) is 93.4 cm³/mol. The first-order valence-corrected chi connectivity index (χ1v) is 8.83. The van der Waals surface area contributed by atoms with Crippen LogP contribution in [0.2, 0.25) is 0 Å². The molecule has 0 spiro atoms. The molecule has 3 nitrogen and oxygen atoms in total. The molecule has 20 heavy (non-hydrogen) atoms. The Labute approximate surface area is 136 Å². The Hall–Kier alpha value is -0.390. The second kappa shape index (κ2) is 6.58. The van der Waals surface area contributed by atoms with Gasteiger partial charge in [0.1, 0.15) is 11.6 Å². The van der Waals surface area contributed by atoms with Crippen LogP contribution in [0.5, 0.6) is 0 Å². The first-order chi connectivity index (χ1) is 9.43. The van der Waals surface area contributed by atoms with E-state index in [1.165, 1.54) is 34.9 Å². The fourth-order valence-electron chi connectivity index (χ4n) is 2.63. The van der Waals surface area contributed by atoms with Crippen LogP contribution in [0, 0.1) is 3.57 Å². The zero-order chi connectivity index (χ0) is 14.8. The lowest BCUT2D eigenvalue weighted by atomic mass is 9.94. The lowest BCUT2D eigenvalue weighted by Gasteiger charge is -2.22. The standard InChI is InChI=1S/C16H26IN3/c1-5-10-18-14-12(17)13(11-8-6-7-9-11)19-15(20-14)16(2,3)4/h11H,5-10H2,1-4H3,(H,18,19,20). The molecule has 112 valence electrons. The van der Waals surface area contributed by atoms with Gasteiger partial charge in [0.25, 0.3) is 0 Å². The molecule has 1 saturated carbocycles. The summed E-state index contributed by atoms with van der Waals surface area (Å²) in [6.45, 7) is 9.73. The van der Waals surface area contributed by atoms with E-state index in [1.807, 2.05) is 0 Å². The predicted octanol–water partition coefficient (Wildman–Crippen LogP) is 4.86. The van der Waals surface area contributed by atoms with Crippen molar-refractivity contribution < 1.29 is 0 Å². The Morgan fingerprint density at radius 1 is 1.20 bits per heavy atom. The summed E-state index contributed by atoms with van der Waals surface area (Å²) in [5.41, 5.74) is 1.28. The largest absolute Gasteiger partial charge is 0.369 e. The minimum Gasteiger partial charge on any atom is -0.369 e. The van der Waals surface area contributed by atoms with Crippen LogP contribution in [0.15, 0.2) is 0 Å². The molecule has 0 saturated heterocycles. The van der Waals surface area contributed by atoms with Crippen LogP contribution >= 0.6 is 22.6 Å². The number of anilines is 1. The van der Waals surface area contributed by atoms with Crippen LogP contribution in [-0.2, 0) is 5.41 Å². The van der Waals surface area contributed by atoms with Crippen molar-refractivity contribution in [1.82, 2.24) is 9.97 Å². The smallest absolute Gasteiger partial charge is 0.143 e. The molecule has 4 heteroatoms. The van der Waals surface area contributed by atoms with Gasteiger partial charge in [0.2, 0.25) is 0 Å². The van der Waals surface area contributed by atoms with Crippen molar-refractivity contribution in [2.75, 3.05) is 11.9 Å². The number of hydrogen-bond donors (Lipinski definition) is 1. The van der Waals surface area contributed by atoms with Crippen molar-refractivity contribution in [2.45, 2.75) is 71.1 Å². The summed E-state index contributed by atoms with van der Waals surface area (Å²) in [5, 5.41) is 3.48. The van der Waals surface area contributed by atoms with E-state index in [1.54, 1.807) is 0 Å². The van der Waals surface area contributed by atoms with E-state index in [-0.39, 0.29) is 5.41 Å². The Morgan fingerprint density at radius 2 is 1.85 bits per heavy atom. The average molecular weight is 387 g/mol. The Balaban J connectivity index is 2.42. The molecule has 1 aliphatic carbocycles. The minimum absolute atomic E-state index is 0.000336. The summed E-state index contributed by atoms with van der Waals surface area (Å²) in [4.78, 5) is 9.72. The van der Waals surface area contributed by atoms with Gasteiger partial charge in [-0.1, -0.05) is 40.5 Å². The third-order valence-electron chi connectivity index (χ3n) is 3.83. The summed E-state index contributed by atoms with van der Waals surface area (Å²) < 4.78 is 1.23. The second-order valence-corrected chi connectivity index (χ2v) is 7.83. The molecule has 1 aliphatic rings. The fourth-order valence-corrected chi connectivity index (χ4v) is 3.50. The van der Waals surface area contributed by atoms with Gasteiger partial charge >= 0.3 is 0 Å². The van der Waals surface area contributed by atoms with E-state index in [2.05, 4.69) is 55.6 Å². The highest BCUT2D eigenvalue weighted by Crippen LogP contribution is 2.38. The normalized spacial score (nSPS) is 16.6. The number of nitrogens with one attached hydrogen (secondary N) is 1. The van der Waals surface area contributed by atoms with Gasteiger partial charge in [0.15, 0.2) is 0 Å². The lowest BCUT2D eigenvalue weighted by Crippen LogP contribution is -2.20. The third kappa shape index (κ3) is 3.62. The topological polar surface area (TPSA) is 37.8 Å². The maximum absolute atomic E-state index is 4.94. The Kier molecular flexibility index (Phi) is 5.26. The van der Waals surface area contributed by atoms with Gasteiger partial charge in [0.05, 0.1) is 9.26 Å². The number of rotatable bonds is 4. The monoisotopic (exact) mass is 387 g/mol. The minimum atomic E-state index is 0.000336. The number of hydrogen-bond acceptors (Lipinski definition) is 3. The molecule has 2 rings (SSSR count). The van der Waals surface area contributed by atoms with Gasteiger partial charge in [-0.3, -0.25) is 0 Å². The van der Waals surface area contributed by atoms with E-state index < -0.39 is 0 Å². The van der Waals surface area contributed by atoms with E-state index in [9.17, 15) is 0 Å². The quantitative estimate of drug-likeness (QED) is 0.750. The summed E-state index contributed by atoms with van der Waals surface area (Å²) in [7, 11) is 0. The van der Waals surface area contributed by atoms with Crippen molar-refractivity contribution >= 4 is 28.4 Å². The van der Waals surface area contributed by atoms with Crippen LogP contribution in [0.4, 0.5) is 5.82 Å². The molecule has 0 aliphatic heterocycles. The maximum Gasteiger partial charge on any atom is 0.143 e. The van der Waals surface area contributed by atoms with Crippen LogP contribution in [0.1, 0.15) is 77.2 Å². The van der Waals surface area contributed by atoms with E-state index in [0.717, 1.165) is 24.6 Å². The van der Waals surface area contributed by atoms with Crippen LogP contribution in [-0.4, -0.2) is 16.5 Å². The van der Waals surface area contributed by atoms with Gasteiger partial charge in [-0.25, -0.2) is 9.97 Å². The zero-order valence-electron chi connectivity index (χ0n) is 13.1. The molecule has 0 aromatic carbocycles. The lowest BCUT2D eigenvalue weighted by molar-refractivity contribution is 0.534. The molecule has 0 radical (unpaired) electrons. The van der Waals surface area contributed by atoms with Gasteiger partial charge in [-0.15, -0.1) is 0 Å². The SMILES string of the molecule is CCCNc1nc(C(C)(C)C)nc(C2CCCC2)c1I. The van der Waals surface area contributed by atoms with Crippen molar-refractivity contribution in [1.29, 1.82) is 0 Å². The Morgan fingerprint density at radius 3 is 2.40 bits per heavy atom. The van der Waals surface area contributed by atoms with Gasteiger partial charge in [0, 0.05) is 17.9 Å². The summed E-state index contributed by atoms with van der Waals surface area (Å²) in [5.74, 6) is 2.64. The zero-order valence-corrected chi connectivity index (χ0v) is 15.2. The second-order valence-electron chi connectivity index (χ2n) is 6.75. The molecule has 0 amide bonds. The molecule has 0 bridgehead atoms. The summed E-state index contributed by atoms with van der Waals surface area (Å²) in [6.07, 6.45) is 6.36. The van der Waals surface area contributed by atoms with Crippen molar-refractivity contribution in [3.8, 4) is 0 Å². The molecular weight excluding hydrogens is 361 g/mol. The van der Waals surface area contributed by atoms with Gasteiger partial charge in [-0.05, 0) is 41.9 Å². The highest BCUT2D eigenvalue weighted by molar-refractivity contribution is 14.1.